The summed E-state index contributed by atoms with van der Waals surface area (Å²) in [6.45, 7) is 1.74. The molecule has 1 N–H and O–H groups in total. The molecular formula is C13H11ClF3N3O2. The number of hydrogen-bond donors (Lipinski definition) is 1. The average Bonchev–Trinajstić information content (AvgIpc) is 2.83. The van der Waals surface area contributed by atoms with Crippen LogP contribution in [0.15, 0.2) is 22.9 Å². The second-order valence-corrected chi connectivity index (χ2v) is 4.88. The number of amides is 1. The highest BCUT2D eigenvalue weighted by Gasteiger charge is 2.34. The molecule has 5 nitrogen and oxygen atoms in total. The quantitative estimate of drug-likeness (QED) is 0.927. The van der Waals surface area contributed by atoms with Crippen molar-refractivity contribution in [3.05, 3.63) is 40.4 Å². The van der Waals surface area contributed by atoms with E-state index in [1.807, 2.05) is 0 Å². The normalized spacial score (nSPS) is 11.5. The summed E-state index contributed by atoms with van der Waals surface area (Å²) in [5.41, 5.74) is -0.372. The van der Waals surface area contributed by atoms with Crippen molar-refractivity contribution in [3.8, 4) is 0 Å². The van der Waals surface area contributed by atoms with E-state index in [4.69, 9.17) is 16.1 Å². The number of aryl methyl sites for hydroxylation is 2. The number of anilines is 1. The van der Waals surface area contributed by atoms with E-state index in [0.29, 0.717) is 11.5 Å². The highest BCUT2D eigenvalue weighted by molar-refractivity contribution is 6.34. The Morgan fingerprint density at radius 3 is 2.77 bits per heavy atom. The third kappa shape index (κ3) is 3.97. The molecule has 0 saturated heterocycles. The fourth-order valence-electron chi connectivity index (χ4n) is 1.72. The molecule has 0 aromatic carbocycles. The van der Waals surface area contributed by atoms with Gasteiger partial charge < -0.3 is 9.84 Å². The van der Waals surface area contributed by atoms with E-state index in [1.165, 1.54) is 0 Å². The lowest BCUT2D eigenvalue weighted by atomic mass is 10.2. The minimum absolute atomic E-state index is 0.00286. The highest BCUT2D eigenvalue weighted by atomic mass is 35.5. The lowest BCUT2D eigenvalue weighted by Gasteiger charge is -2.12. The van der Waals surface area contributed by atoms with Crippen LogP contribution in [-0.2, 0) is 17.4 Å². The summed E-state index contributed by atoms with van der Waals surface area (Å²) in [6, 6.07) is 2.41. The molecule has 0 spiro atoms. The van der Waals surface area contributed by atoms with Crippen LogP contribution in [0.4, 0.5) is 19.0 Å². The molecule has 0 aliphatic carbocycles. The van der Waals surface area contributed by atoms with Crippen LogP contribution in [0.2, 0.25) is 5.02 Å². The van der Waals surface area contributed by atoms with Crippen molar-refractivity contribution >= 4 is 23.3 Å². The average molecular weight is 334 g/mol. The maximum absolute atomic E-state index is 12.7. The molecule has 0 atom stereocenters. The molecule has 0 aliphatic heterocycles. The first-order valence-corrected chi connectivity index (χ1v) is 6.59. The largest absolute Gasteiger partial charge is 0.418 e. The third-order valence-electron chi connectivity index (χ3n) is 2.73. The molecule has 0 unspecified atom stereocenters. The summed E-state index contributed by atoms with van der Waals surface area (Å²) in [5, 5.41) is 5.28. The van der Waals surface area contributed by atoms with Crippen molar-refractivity contribution in [2.75, 3.05) is 5.32 Å². The molecule has 0 bridgehead atoms. The van der Waals surface area contributed by atoms with E-state index in [0.717, 1.165) is 12.3 Å². The molecule has 1 amide bonds. The highest BCUT2D eigenvalue weighted by Crippen LogP contribution is 2.37. The molecule has 9 heteroatoms. The molecule has 0 saturated carbocycles. The third-order valence-corrected chi connectivity index (χ3v) is 3.11. The van der Waals surface area contributed by atoms with Gasteiger partial charge in [0.1, 0.15) is 5.76 Å². The summed E-state index contributed by atoms with van der Waals surface area (Å²) in [6.07, 6.45) is -3.41. The first-order chi connectivity index (χ1) is 10.3. The second-order valence-electron chi connectivity index (χ2n) is 4.50. The van der Waals surface area contributed by atoms with Crippen molar-refractivity contribution in [1.82, 2.24) is 10.1 Å². The molecule has 2 rings (SSSR count). The monoisotopic (exact) mass is 333 g/mol. The van der Waals surface area contributed by atoms with E-state index < -0.39 is 22.7 Å². The fraction of sp³-hybridized carbons (Fsp3) is 0.308. The molecule has 0 radical (unpaired) electrons. The zero-order chi connectivity index (χ0) is 16.3. The minimum Gasteiger partial charge on any atom is -0.361 e. The van der Waals surface area contributed by atoms with Crippen LogP contribution < -0.4 is 5.32 Å². The van der Waals surface area contributed by atoms with Crippen LogP contribution >= 0.6 is 11.6 Å². The Hall–Kier alpha value is -2.09. The molecule has 2 heterocycles. The molecule has 2 aromatic rings. The van der Waals surface area contributed by atoms with Gasteiger partial charge >= 0.3 is 6.18 Å². The molecule has 22 heavy (non-hydrogen) atoms. The van der Waals surface area contributed by atoms with Crippen LogP contribution in [0.1, 0.15) is 23.4 Å². The van der Waals surface area contributed by atoms with Gasteiger partial charge in [0.25, 0.3) is 0 Å². The van der Waals surface area contributed by atoms with E-state index in [-0.39, 0.29) is 18.7 Å². The van der Waals surface area contributed by atoms with Crippen molar-refractivity contribution in [1.29, 1.82) is 0 Å². The molecule has 0 fully saturated rings. The Morgan fingerprint density at radius 1 is 1.45 bits per heavy atom. The van der Waals surface area contributed by atoms with Gasteiger partial charge in [-0.1, -0.05) is 16.8 Å². The minimum atomic E-state index is -4.61. The maximum Gasteiger partial charge on any atom is 0.418 e. The van der Waals surface area contributed by atoms with Gasteiger partial charge in [0.2, 0.25) is 5.91 Å². The molecule has 2 aromatic heterocycles. The summed E-state index contributed by atoms with van der Waals surface area (Å²) < 4.78 is 43.0. The van der Waals surface area contributed by atoms with Crippen LogP contribution in [-0.4, -0.2) is 16.0 Å². The predicted octanol–water partition coefficient (Wildman–Crippen LogP) is 3.62. The lowest BCUT2D eigenvalue weighted by molar-refractivity contribution is -0.137. The zero-order valence-corrected chi connectivity index (χ0v) is 12.1. The Kier molecular flexibility index (Phi) is 4.70. The number of nitrogens with one attached hydrogen (secondary N) is 1. The van der Waals surface area contributed by atoms with Crippen LogP contribution in [0.25, 0.3) is 0 Å². The summed E-state index contributed by atoms with van der Waals surface area (Å²) in [4.78, 5) is 15.4. The zero-order valence-electron chi connectivity index (χ0n) is 11.4. The summed E-state index contributed by atoms with van der Waals surface area (Å²) in [7, 11) is 0. The summed E-state index contributed by atoms with van der Waals surface area (Å²) in [5.74, 6) is -0.339. The Balaban J connectivity index is 2.02. The van der Waals surface area contributed by atoms with E-state index in [2.05, 4.69) is 15.5 Å². The molecule has 0 aliphatic rings. The number of pyridine rings is 1. The van der Waals surface area contributed by atoms with Crippen LogP contribution in [0.3, 0.4) is 0 Å². The van der Waals surface area contributed by atoms with E-state index in [1.54, 1.807) is 13.0 Å². The van der Waals surface area contributed by atoms with Crippen LogP contribution in [0.5, 0.6) is 0 Å². The van der Waals surface area contributed by atoms with E-state index >= 15 is 0 Å². The van der Waals surface area contributed by atoms with Crippen molar-refractivity contribution < 1.29 is 22.5 Å². The molecule has 118 valence electrons. The summed E-state index contributed by atoms with van der Waals surface area (Å²) >= 11 is 5.63. The van der Waals surface area contributed by atoms with Gasteiger partial charge in [-0.2, -0.15) is 13.2 Å². The number of aromatic nitrogens is 2. The standard InChI is InChI=1S/C13H11ClF3N3O2/c1-7-6-8(22-20-7)2-3-10(21)19-12-11(14)9(4-5-18-12)13(15,16)17/h4-6H,2-3H2,1H3,(H,18,19,21). The van der Waals surface area contributed by atoms with Crippen molar-refractivity contribution in [2.45, 2.75) is 25.9 Å². The Morgan fingerprint density at radius 2 is 2.18 bits per heavy atom. The fourth-order valence-corrected chi connectivity index (χ4v) is 1.98. The van der Waals surface area contributed by atoms with Gasteiger partial charge in [-0.25, -0.2) is 4.98 Å². The lowest BCUT2D eigenvalue weighted by Crippen LogP contribution is -2.15. The number of hydrogen-bond acceptors (Lipinski definition) is 4. The van der Waals surface area contributed by atoms with Crippen molar-refractivity contribution in [2.24, 2.45) is 0 Å². The number of carbonyl (C=O) groups is 1. The first kappa shape index (κ1) is 16.3. The van der Waals surface area contributed by atoms with Gasteiger partial charge in [0, 0.05) is 25.1 Å². The smallest absolute Gasteiger partial charge is 0.361 e. The number of halogens is 4. The van der Waals surface area contributed by atoms with Crippen LogP contribution in [0, 0.1) is 6.92 Å². The SMILES string of the molecule is Cc1cc(CCC(=O)Nc2nccc(C(F)(F)F)c2Cl)on1. The predicted molar refractivity (Wildman–Crippen MR) is 72.4 cm³/mol. The number of rotatable bonds is 4. The van der Waals surface area contributed by atoms with E-state index in [9.17, 15) is 18.0 Å². The first-order valence-electron chi connectivity index (χ1n) is 6.21. The number of carbonyl (C=O) groups excluding carboxylic acids is 1. The Bertz CT molecular complexity index is 685. The maximum atomic E-state index is 12.7. The van der Waals surface area contributed by atoms with Gasteiger partial charge in [-0.05, 0) is 13.0 Å². The topological polar surface area (TPSA) is 68.0 Å². The number of nitrogens with zero attached hydrogens (tertiary/aromatic N) is 2. The second kappa shape index (κ2) is 6.35. The Labute approximate surface area is 128 Å². The van der Waals surface area contributed by atoms with Crippen molar-refractivity contribution in [3.63, 3.8) is 0 Å². The van der Waals surface area contributed by atoms with Gasteiger partial charge in [0.05, 0.1) is 16.3 Å². The van der Waals surface area contributed by atoms with Gasteiger partial charge in [-0.15, -0.1) is 0 Å². The molecular weight excluding hydrogens is 323 g/mol. The van der Waals surface area contributed by atoms with Gasteiger partial charge in [0.15, 0.2) is 5.82 Å². The van der Waals surface area contributed by atoms with Gasteiger partial charge in [-0.3, -0.25) is 4.79 Å². The number of alkyl halides is 3.